The Balaban J connectivity index is 2.11. The Morgan fingerprint density at radius 2 is 2.27 bits per heavy atom. The van der Waals surface area contributed by atoms with E-state index in [0.717, 1.165) is 19.3 Å². The molecular formula is C11H15N3O. The number of aromatic nitrogens is 1. The Morgan fingerprint density at radius 3 is 2.80 bits per heavy atom. The number of hydrogen-bond acceptors (Lipinski definition) is 4. The number of nitrogens with two attached hydrogens (primary N) is 2. The maximum atomic E-state index is 11.9. The van der Waals surface area contributed by atoms with Crippen LogP contribution in [0.3, 0.4) is 0 Å². The van der Waals surface area contributed by atoms with Crippen LogP contribution in [0.4, 0.5) is 5.69 Å². The van der Waals surface area contributed by atoms with E-state index >= 15 is 0 Å². The third-order valence-electron chi connectivity index (χ3n) is 3.02. The van der Waals surface area contributed by atoms with Crippen molar-refractivity contribution in [3.05, 3.63) is 24.0 Å². The first kappa shape index (κ1) is 10.1. The SMILES string of the molecule is Nc1ccncc1C(=O)CC1(N)CCC1. The van der Waals surface area contributed by atoms with Crippen molar-refractivity contribution >= 4 is 11.5 Å². The first-order chi connectivity index (χ1) is 7.11. The monoisotopic (exact) mass is 205 g/mol. The minimum atomic E-state index is -0.292. The second-order valence-corrected chi connectivity index (χ2v) is 4.28. The summed E-state index contributed by atoms with van der Waals surface area (Å²) in [6.45, 7) is 0. The van der Waals surface area contributed by atoms with Crippen molar-refractivity contribution in [2.24, 2.45) is 5.73 Å². The average Bonchev–Trinajstić information content (AvgIpc) is 2.16. The van der Waals surface area contributed by atoms with Crippen molar-refractivity contribution < 1.29 is 4.79 Å². The highest BCUT2D eigenvalue weighted by Crippen LogP contribution is 2.33. The molecule has 4 heteroatoms. The molecule has 1 aromatic heterocycles. The molecule has 0 unspecified atom stereocenters. The third kappa shape index (κ3) is 1.99. The van der Waals surface area contributed by atoms with Gasteiger partial charge in [-0.05, 0) is 25.3 Å². The summed E-state index contributed by atoms with van der Waals surface area (Å²) < 4.78 is 0. The number of pyridine rings is 1. The van der Waals surface area contributed by atoms with Crippen molar-refractivity contribution in [2.75, 3.05) is 5.73 Å². The van der Waals surface area contributed by atoms with Crippen LogP contribution in [0.2, 0.25) is 0 Å². The fourth-order valence-electron chi connectivity index (χ4n) is 1.86. The van der Waals surface area contributed by atoms with Crippen LogP contribution in [-0.2, 0) is 0 Å². The fourth-order valence-corrected chi connectivity index (χ4v) is 1.86. The Hall–Kier alpha value is -1.42. The van der Waals surface area contributed by atoms with Crippen LogP contribution in [0, 0.1) is 0 Å². The number of nitrogens with zero attached hydrogens (tertiary/aromatic N) is 1. The first-order valence-corrected chi connectivity index (χ1v) is 5.12. The number of carbonyl (C=O) groups is 1. The second-order valence-electron chi connectivity index (χ2n) is 4.28. The lowest BCUT2D eigenvalue weighted by atomic mass is 9.74. The molecule has 0 amide bonds. The van der Waals surface area contributed by atoms with E-state index < -0.39 is 0 Å². The Kier molecular flexibility index (Phi) is 2.44. The molecule has 2 rings (SSSR count). The molecule has 15 heavy (non-hydrogen) atoms. The summed E-state index contributed by atoms with van der Waals surface area (Å²) in [5.74, 6) is 0.00259. The van der Waals surface area contributed by atoms with Gasteiger partial charge in [-0.2, -0.15) is 0 Å². The molecule has 0 aromatic carbocycles. The van der Waals surface area contributed by atoms with Crippen molar-refractivity contribution in [1.82, 2.24) is 4.98 Å². The summed E-state index contributed by atoms with van der Waals surface area (Å²) in [6.07, 6.45) is 6.44. The van der Waals surface area contributed by atoms with E-state index in [2.05, 4.69) is 4.98 Å². The van der Waals surface area contributed by atoms with Gasteiger partial charge in [-0.3, -0.25) is 9.78 Å². The minimum absolute atomic E-state index is 0.00259. The molecule has 0 bridgehead atoms. The van der Waals surface area contributed by atoms with Gasteiger partial charge in [-0.25, -0.2) is 0 Å². The van der Waals surface area contributed by atoms with Gasteiger partial charge in [0.15, 0.2) is 5.78 Å². The van der Waals surface area contributed by atoms with Crippen molar-refractivity contribution in [2.45, 2.75) is 31.2 Å². The van der Waals surface area contributed by atoms with Gasteiger partial charge in [0.2, 0.25) is 0 Å². The molecule has 0 saturated heterocycles. The van der Waals surface area contributed by atoms with Crippen molar-refractivity contribution in [3.63, 3.8) is 0 Å². The van der Waals surface area contributed by atoms with Crippen LogP contribution >= 0.6 is 0 Å². The van der Waals surface area contributed by atoms with E-state index in [-0.39, 0.29) is 11.3 Å². The predicted octanol–water partition coefficient (Wildman–Crippen LogP) is 1.12. The van der Waals surface area contributed by atoms with Crippen molar-refractivity contribution in [1.29, 1.82) is 0 Å². The highest BCUT2D eigenvalue weighted by atomic mass is 16.1. The van der Waals surface area contributed by atoms with Crippen LogP contribution in [-0.4, -0.2) is 16.3 Å². The number of nitrogen functional groups attached to an aromatic ring is 1. The second kappa shape index (κ2) is 3.62. The highest BCUT2D eigenvalue weighted by molar-refractivity contribution is 6.01. The molecule has 0 radical (unpaired) electrons. The van der Waals surface area contributed by atoms with E-state index in [1.165, 1.54) is 6.20 Å². The van der Waals surface area contributed by atoms with Crippen LogP contribution in [0.15, 0.2) is 18.5 Å². The molecule has 1 heterocycles. The quantitative estimate of drug-likeness (QED) is 0.724. The van der Waals surface area contributed by atoms with Gasteiger partial charge >= 0.3 is 0 Å². The summed E-state index contributed by atoms with van der Waals surface area (Å²) >= 11 is 0. The molecule has 4 nitrogen and oxygen atoms in total. The molecule has 0 aliphatic heterocycles. The maximum absolute atomic E-state index is 11.9. The van der Waals surface area contributed by atoms with Gasteiger partial charge in [0.1, 0.15) is 0 Å². The standard InChI is InChI=1S/C11H15N3O/c12-9-2-5-14-7-8(9)10(15)6-11(13)3-1-4-11/h2,5,7H,1,3-4,6,13H2,(H2,12,14). The smallest absolute Gasteiger partial charge is 0.168 e. The lowest BCUT2D eigenvalue weighted by molar-refractivity contribution is 0.0913. The Bertz CT molecular complexity index is 385. The molecule has 1 aromatic rings. The van der Waals surface area contributed by atoms with Crippen molar-refractivity contribution in [3.8, 4) is 0 Å². The number of hydrogen-bond donors (Lipinski definition) is 2. The number of Topliss-reactive ketones (excluding diaryl/α,β-unsaturated/α-hetero) is 1. The van der Waals surface area contributed by atoms with Gasteiger partial charge in [0, 0.05) is 30.0 Å². The Labute approximate surface area is 88.7 Å². The summed E-state index contributed by atoms with van der Waals surface area (Å²) in [6, 6.07) is 1.64. The van der Waals surface area contributed by atoms with E-state index in [1.807, 2.05) is 0 Å². The molecule has 1 fully saturated rings. The van der Waals surface area contributed by atoms with E-state index in [4.69, 9.17) is 11.5 Å². The summed E-state index contributed by atoms with van der Waals surface area (Å²) in [5, 5.41) is 0. The third-order valence-corrected chi connectivity index (χ3v) is 3.02. The average molecular weight is 205 g/mol. The molecule has 80 valence electrons. The zero-order valence-corrected chi connectivity index (χ0v) is 8.57. The minimum Gasteiger partial charge on any atom is -0.398 e. The molecular weight excluding hydrogens is 190 g/mol. The van der Waals surface area contributed by atoms with Crippen LogP contribution < -0.4 is 11.5 Å². The number of carbonyl (C=O) groups excluding carboxylic acids is 1. The molecule has 0 atom stereocenters. The van der Waals surface area contributed by atoms with E-state index in [9.17, 15) is 4.79 Å². The summed E-state index contributed by atoms with van der Waals surface area (Å²) in [7, 11) is 0. The highest BCUT2D eigenvalue weighted by Gasteiger charge is 2.35. The summed E-state index contributed by atoms with van der Waals surface area (Å²) in [4.78, 5) is 15.8. The first-order valence-electron chi connectivity index (χ1n) is 5.12. The lowest BCUT2D eigenvalue weighted by Gasteiger charge is -2.37. The molecule has 1 aliphatic rings. The number of ketones is 1. The molecule has 4 N–H and O–H groups in total. The predicted molar refractivity (Wildman–Crippen MR) is 58.4 cm³/mol. The molecule has 0 spiro atoms. The molecule has 1 aliphatic carbocycles. The summed E-state index contributed by atoms with van der Waals surface area (Å²) in [5.41, 5.74) is 12.4. The van der Waals surface area contributed by atoms with E-state index in [0.29, 0.717) is 17.7 Å². The van der Waals surface area contributed by atoms with Gasteiger partial charge < -0.3 is 11.5 Å². The van der Waals surface area contributed by atoms with Crippen LogP contribution in [0.5, 0.6) is 0 Å². The zero-order valence-electron chi connectivity index (χ0n) is 8.57. The van der Waals surface area contributed by atoms with Crippen LogP contribution in [0.1, 0.15) is 36.0 Å². The van der Waals surface area contributed by atoms with Gasteiger partial charge in [0.05, 0.1) is 5.56 Å². The van der Waals surface area contributed by atoms with Gasteiger partial charge in [-0.1, -0.05) is 0 Å². The maximum Gasteiger partial charge on any atom is 0.168 e. The number of rotatable bonds is 3. The van der Waals surface area contributed by atoms with Gasteiger partial charge in [0.25, 0.3) is 0 Å². The largest absolute Gasteiger partial charge is 0.398 e. The normalized spacial score (nSPS) is 18.2. The lowest BCUT2D eigenvalue weighted by Crippen LogP contribution is -2.48. The molecule has 1 saturated carbocycles. The number of anilines is 1. The fraction of sp³-hybridized carbons (Fsp3) is 0.455. The zero-order chi connectivity index (χ0) is 10.9. The van der Waals surface area contributed by atoms with Crippen LogP contribution in [0.25, 0.3) is 0 Å². The Morgan fingerprint density at radius 1 is 1.53 bits per heavy atom. The van der Waals surface area contributed by atoms with Gasteiger partial charge in [-0.15, -0.1) is 0 Å². The van der Waals surface area contributed by atoms with E-state index in [1.54, 1.807) is 12.3 Å². The topological polar surface area (TPSA) is 82.0 Å².